The molecule has 1 saturated carbocycles. The number of anilines is 2. The first-order valence-corrected chi connectivity index (χ1v) is 21.0. The lowest BCUT2D eigenvalue weighted by molar-refractivity contribution is -0.192. The summed E-state index contributed by atoms with van der Waals surface area (Å²) < 4.78 is 169. The molecule has 0 bridgehead atoms. The minimum atomic E-state index is -5.08. The zero-order valence-corrected chi connectivity index (χ0v) is 33.2. The molecule has 1 aromatic heterocycles. The Bertz CT molecular complexity index is 2330. The summed E-state index contributed by atoms with van der Waals surface area (Å²) in [6.45, 7) is -2.54. The number of fused-ring (bicyclic) bond motifs is 1. The van der Waals surface area contributed by atoms with E-state index >= 15 is 0 Å². The number of halogens is 9. The molecule has 14 nitrogen and oxygen atoms in total. The van der Waals surface area contributed by atoms with E-state index in [2.05, 4.69) is 34.8 Å². The molecule has 336 valence electrons. The number of carboxylic acid groups (broad SMARTS) is 1. The van der Waals surface area contributed by atoms with Gasteiger partial charge in [0.05, 0.1) is 10.4 Å². The predicted molar refractivity (Wildman–Crippen MR) is 202 cm³/mol. The number of carbonyl (C=O) groups is 1. The van der Waals surface area contributed by atoms with Gasteiger partial charge >= 0.3 is 24.5 Å². The number of hydrogen-bond donors (Lipinski definition) is 5. The number of alkyl halides is 9. The van der Waals surface area contributed by atoms with Crippen LogP contribution < -0.4 is 30.0 Å². The van der Waals surface area contributed by atoms with Crippen LogP contribution in [0.1, 0.15) is 31.2 Å². The summed E-state index contributed by atoms with van der Waals surface area (Å²) in [6, 6.07) is 16.2. The van der Waals surface area contributed by atoms with E-state index in [1.54, 1.807) is 12.1 Å². The van der Waals surface area contributed by atoms with Crippen molar-refractivity contribution in [3.05, 3.63) is 72.3 Å². The lowest BCUT2D eigenvalue weighted by atomic mass is 9.82. The number of nitrogens with two attached hydrogens (primary N) is 1. The first-order chi connectivity index (χ1) is 28.3. The van der Waals surface area contributed by atoms with Crippen LogP contribution in [0.2, 0.25) is 0 Å². The highest BCUT2D eigenvalue weighted by Crippen LogP contribution is 2.33. The molecule has 6 N–H and O–H groups in total. The summed E-state index contributed by atoms with van der Waals surface area (Å²) >= 11 is 0. The maximum atomic E-state index is 13.2. The van der Waals surface area contributed by atoms with Crippen LogP contribution in [0.3, 0.4) is 0 Å². The third-order valence-corrected chi connectivity index (χ3v) is 11.3. The number of nitrogens with zero attached hydrogens (tertiary/aromatic N) is 2. The Hall–Kier alpha value is -5.14. The zero-order chi connectivity index (χ0) is 45.2. The number of carboxylic acids is 1. The fraction of sp³-hybridized carbons (Fsp3) is 0.417. The molecule has 25 heteroatoms. The Balaban J connectivity index is 0.00000107. The van der Waals surface area contributed by atoms with E-state index < -0.39 is 74.2 Å². The van der Waals surface area contributed by atoms with Gasteiger partial charge in [0.1, 0.15) is 22.2 Å². The fourth-order valence-corrected chi connectivity index (χ4v) is 7.66. The lowest BCUT2D eigenvalue weighted by Gasteiger charge is -2.29. The van der Waals surface area contributed by atoms with Crippen molar-refractivity contribution in [3.8, 4) is 11.5 Å². The molecule has 1 aliphatic rings. The Morgan fingerprint density at radius 3 is 1.92 bits per heavy atom. The molecule has 0 aliphatic heterocycles. The number of aromatic nitrogens is 2. The maximum absolute atomic E-state index is 13.2. The molecule has 0 radical (unpaired) electrons. The number of ether oxygens (including phenoxy) is 2. The van der Waals surface area contributed by atoms with Crippen molar-refractivity contribution < 1.29 is 75.7 Å². The molecular weight excluding hydrogens is 880 g/mol. The molecule has 0 unspecified atom stereocenters. The standard InChI is InChI=1S/C34H38F6N6O6S2.C2HF3O2/c35-33(36,37)20-51-25-11-14-29(52-21-34(38,39)40)30(17-25)54(49,50)44-19-24-7-5-23(6-8-24)18-43-32-45-28-4-2-1-3-27(28)31(46-32)42-16-15-22-9-12-26(13-10-22)53(41,47)48;3-2(4,5)1(6)7/h1-4,9-14,17,23-24,44H,5-8,15-16,18-21H2,(H2,41,47,48)(H2,42,43,45,46);(H,6,7). The predicted octanol–water partition coefficient (Wildman–Crippen LogP) is 6.64. The molecule has 1 heterocycles. The topological polar surface area (TPSA) is 212 Å². The van der Waals surface area contributed by atoms with Gasteiger partial charge in [-0.2, -0.15) is 44.5 Å². The van der Waals surface area contributed by atoms with Crippen molar-refractivity contribution in [2.24, 2.45) is 17.0 Å². The Labute approximate surface area is 343 Å². The fourth-order valence-electron chi connectivity index (χ4n) is 5.87. The second-order valence-corrected chi connectivity index (χ2v) is 16.9. The van der Waals surface area contributed by atoms with Crippen LogP contribution >= 0.6 is 0 Å². The van der Waals surface area contributed by atoms with E-state index in [4.69, 9.17) is 15.0 Å². The van der Waals surface area contributed by atoms with E-state index in [9.17, 15) is 56.3 Å². The van der Waals surface area contributed by atoms with Gasteiger partial charge in [0, 0.05) is 31.1 Å². The van der Waals surface area contributed by atoms with Crippen molar-refractivity contribution >= 4 is 48.7 Å². The number of nitrogens with one attached hydrogen (secondary N) is 3. The SMILES string of the molecule is NS(=O)(=O)c1ccc(CCNc2nc(NCC3CCC(CNS(=O)(=O)c4cc(OCC(F)(F)F)ccc4OCC(F)(F)F)CC3)nc3ccccc23)cc1.O=C(O)C(F)(F)F. The molecule has 0 spiro atoms. The monoisotopic (exact) mass is 918 g/mol. The molecule has 4 aromatic rings. The summed E-state index contributed by atoms with van der Waals surface area (Å²) in [5.74, 6) is -2.82. The van der Waals surface area contributed by atoms with Crippen molar-refractivity contribution in [1.82, 2.24) is 14.7 Å². The lowest BCUT2D eigenvalue weighted by Crippen LogP contribution is -2.33. The summed E-state index contributed by atoms with van der Waals surface area (Å²) in [5.41, 5.74) is 1.62. The quantitative estimate of drug-likeness (QED) is 0.0749. The molecule has 0 atom stereocenters. The molecule has 1 fully saturated rings. The molecule has 0 amide bonds. The summed E-state index contributed by atoms with van der Waals surface area (Å²) in [7, 11) is -8.29. The molecule has 5 rings (SSSR count). The van der Waals surface area contributed by atoms with E-state index in [0.717, 1.165) is 41.4 Å². The third kappa shape index (κ3) is 16.0. The zero-order valence-electron chi connectivity index (χ0n) is 31.6. The van der Waals surface area contributed by atoms with Crippen molar-refractivity contribution in [2.45, 2.75) is 60.4 Å². The molecule has 1 aliphatic carbocycles. The number of aliphatic carboxylic acids is 1. The minimum Gasteiger partial charge on any atom is -0.484 e. The van der Waals surface area contributed by atoms with E-state index in [1.165, 1.54) is 12.1 Å². The van der Waals surface area contributed by atoms with E-state index in [1.807, 2.05) is 24.3 Å². The highest BCUT2D eigenvalue weighted by molar-refractivity contribution is 7.89. The van der Waals surface area contributed by atoms with Crippen LogP contribution in [0.5, 0.6) is 11.5 Å². The van der Waals surface area contributed by atoms with Gasteiger partial charge in [0.15, 0.2) is 13.2 Å². The smallest absolute Gasteiger partial charge is 0.484 e. The third-order valence-electron chi connectivity index (χ3n) is 8.88. The van der Waals surface area contributed by atoms with Gasteiger partial charge in [0.2, 0.25) is 26.0 Å². The molecule has 61 heavy (non-hydrogen) atoms. The second-order valence-electron chi connectivity index (χ2n) is 13.6. The number of benzene rings is 3. The highest BCUT2D eigenvalue weighted by Gasteiger charge is 2.38. The second kappa shape index (κ2) is 20.2. The average Bonchev–Trinajstić information content (AvgIpc) is 3.17. The summed E-state index contributed by atoms with van der Waals surface area (Å²) in [6.07, 6.45) is -11.3. The van der Waals surface area contributed by atoms with Gasteiger partial charge in [-0.25, -0.2) is 36.5 Å². The Morgan fingerprint density at radius 2 is 1.34 bits per heavy atom. The van der Waals surface area contributed by atoms with Crippen LogP contribution in [0.4, 0.5) is 51.3 Å². The normalized spacial score (nSPS) is 16.3. The van der Waals surface area contributed by atoms with Gasteiger partial charge in [-0.3, -0.25) is 0 Å². The van der Waals surface area contributed by atoms with Crippen LogP contribution in [0, 0.1) is 11.8 Å². The van der Waals surface area contributed by atoms with Gasteiger partial charge in [-0.05, 0) is 85.9 Å². The van der Waals surface area contributed by atoms with E-state index in [0.29, 0.717) is 50.2 Å². The van der Waals surface area contributed by atoms with Gasteiger partial charge in [-0.1, -0.05) is 24.3 Å². The molecule has 3 aromatic carbocycles. The Kier molecular flexibility index (Phi) is 16.0. The molecule has 0 saturated heterocycles. The van der Waals surface area contributed by atoms with Crippen molar-refractivity contribution in [1.29, 1.82) is 0 Å². The van der Waals surface area contributed by atoms with Gasteiger partial charge in [0.25, 0.3) is 0 Å². The summed E-state index contributed by atoms with van der Waals surface area (Å²) in [5, 5.41) is 19.8. The van der Waals surface area contributed by atoms with Crippen LogP contribution in [-0.2, 0) is 31.3 Å². The number of primary sulfonamides is 1. The highest BCUT2D eigenvalue weighted by atomic mass is 32.2. The first-order valence-electron chi connectivity index (χ1n) is 18.0. The largest absolute Gasteiger partial charge is 0.490 e. The number of hydrogen-bond acceptors (Lipinski definition) is 11. The van der Waals surface area contributed by atoms with E-state index in [-0.39, 0.29) is 23.3 Å². The summed E-state index contributed by atoms with van der Waals surface area (Å²) in [4.78, 5) is 17.5. The number of rotatable bonds is 16. The van der Waals surface area contributed by atoms with Gasteiger partial charge < -0.3 is 25.2 Å². The minimum absolute atomic E-state index is 0.0329. The van der Waals surface area contributed by atoms with Crippen molar-refractivity contribution in [3.63, 3.8) is 0 Å². The number of sulfonamides is 2. The number of para-hydroxylation sites is 1. The van der Waals surface area contributed by atoms with Crippen LogP contribution in [0.15, 0.2) is 76.5 Å². The Morgan fingerprint density at radius 1 is 0.770 bits per heavy atom. The van der Waals surface area contributed by atoms with Crippen molar-refractivity contribution in [2.75, 3.05) is 43.5 Å². The van der Waals surface area contributed by atoms with Crippen LogP contribution in [0.25, 0.3) is 10.9 Å². The molecular formula is C36H39F9N6O8S2. The van der Waals surface area contributed by atoms with Crippen LogP contribution in [-0.4, -0.2) is 89.3 Å². The van der Waals surface area contributed by atoms with Gasteiger partial charge in [-0.15, -0.1) is 0 Å². The first kappa shape index (κ1) is 48.5. The average molecular weight is 919 g/mol. The maximum Gasteiger partial charge on any atom is 0.490 e.